The number of methoxy groups -OCH3 is 1. The number of amides is 1. The fraction of sp³-hybridized carbons (Fsp3) is 0.471. The van der Waals surface area contributed by atoms with E-state index in [-0.39, 0.29) is 23.8 Å². The molecular weight excluding hydrogens is 326 g/mol. The zero-order valence-electron chi connectivity index (χ0n) is 15.0. The quantitative estimate of drug-likeness (QED) is 0.650. The Bertz CT molecular complexity index is 805. The van der Waals surface area contributed by atoms with Gasteiger partial charge in [0.2, 0.25) is 0 Å². The zero-order chi connectivity index (χ0) is 18.8. The maximum atomic E-state index is 11.9. The molecule has 2 N–H and O–H groups in total. The lowest BCUT2D eigenvalue weighted by Gasteiger charge is -2.20. The number of hydrogen-bond donors (Lipinski definition) is 2. The van der Waals surface area contributed by atoms with Gasteiger partial charge in [-0.1, -0.05) is 0 Å². The average molecular weight is 349 g/mol. The van der Waals surface area contributed by atoms with Crippen molar-refractivity contribution in [2.75, 3.05) is 12.4 Å². The number of carbonyl (C=O) groups is 2. The molecule has 0 bridgehead atoms. The summed E-state index contributed by atoms with van der Waals surface area (Å²) in [6, 6.07) is 3.08. The van der Waals surface area contributed by atoms with Gasteiger partial charge in [-0.05, 0) is 26.8 Å². The van der Waals surface area contributed by atoms with Crippen LogP contribution >= 0.6 is 0 Å². The van der Waals surface area contributed by atoms with Crippen LogP contribution in [0.3, 0.4) is 0 Å². The van der Waals surface area contributed by atoms with Gasteiger partial charge in [0, 0.05) is 19.5 Å². The van der Waals surface area contributed by atoms with Crippen molar-refractivity contribution in [2.24, 2.45) is 7.05 Å². The second-order valence-electron chi connectivity index (χ2n) is 6.65. The number of anilines is 1. The summed E-state index contributed by atoms with van der Waals surface area (Å²) in [4.78, 5) is 27.6. The molecular formula is C17H23N3O5. The first-order valence-corrected chi connectivity index (χ1v) is 7.86. The minimum atomic E-state index is -0.657. The number of carbonyl (C=O) groups excluding carboxylic acids is 2. The smallest absolute Gasteiger partial charge is 0.412 e. The van der Waals surface area contributed by atoms with Crippen molar-refractivity contribution in [3.05, 3.63) is 18.0 Å². The van der Waals surface area contributed by atoms with E-state index in [9.17, 15) is 14.7 Å². The molecule has 0 saturated carbocycles. The molecule has 0 aliphatic carbocycles. The Labute approximate surface area is 145 Å². The number of esters is 1. The number of hydrogen-bond acceptors (Lipinski definition) is 6. The molecule has 0 fully saturated rings. The van der Waals surface area contributed by atoms with Crippen molar-refractivity contribution in [1.29, 1.82) is 0 Å². The maximum absolute atomic E-state index is 11.9. The van der Waals surface area contributed by atoms with E-state index in [1.54, 1.807) is 38.5 Å². The Morgan fingerprint density at radius 3 is 2.60 bits per heavy atom. The van der Waals surface area contributed by atoms with E-state index in [2.05, 4.69) is 15.0 Å². The van der Waals surface area contributed by atoms with Crippen LogP contribution in [0.4, 0.5) is 10.5 Å². The van der Waals surface area contributed by atoms with Gasteiger partial charge in [0.05, 0.1) is 30.3 Å². The lowest BCUT2D eigenvalue weighted by Crippen LogP contribution is -2.27. The summed E-state index contributed by atoms with van der Waals surface area (Å²) in [6.45, 7) is 5.26. The highest BCUT2D eigenvalue weighted by atomic mass is 16.6. The van der Waals surface area contributed by atoms with Crippen LogP contribution in [0.1, 0.15) is 33.0 Å². The molecule has 8 nitrogen and oxygen atoms in total. The molecule has 25 heavy (non-hydrogen) atoms. The number of ether oxygens (including phenoxy) is 2. The van der Waals surface area contributed by atoms with Gasteiger partial charge in [-0.2, -0.15) is 0 Å². The highest BCUT2D eigenvalue weighted by Gasteiger charge is 2.19. The van der Waals surface area contributed by atoms with Crippen molar-refractivity contribution in [3.63, 3.8) is 0 Å². The summed E-state index contributed by atoms with van der Waals surface area (Å²) in [5.74, 6) is 0.243. The Morgan fingerprint density at radius 2 is 2.00 bits per heavy atom. The van der Waals surface area contributed by atoms with E-state index < -0.39 is 11.7 Å². The lowest BCUT2D eigenvalue weighted by molar-refractivity contribution is -0.140. The summed E-state index contributed by atoms with van der Waals surface area (Å²) >= 11 is 0. The average Bonchev–Trinajstić information content (AvgIpc) is 2.79. The number of nitrogens with one attached hydrogen (secondary N) is 1. The molecule has 1 amide bonds. The van der Waals surface area contributed by atoms with Gasteiger partial charge in [-0.3, -0.25) is 10.1 Å². The van der Waals surface area contributed by atoms with E-state index in [1.807, 2.05) is 0 Å². The summed E-state index contributed by atoms with van der Waals surface area (Å²) < 4.78 is 11.6. The Kier molecular flexibility index (Phi) is 5.20. The molecule has 0 saturated heterocycles. The predicted octanol–water partition coefficient (Wildman–Crippen LogP) is 2.73. The molecule has 1 heterocycles. The third-order valence-corrected chi connectivity index (χ3v) is 3.51. The number of aromatic nitrogens is 2. The number of phenols is 1. The lowest BCUT2D eigenvalue weighted by atomic mass is 10.2. The SMILES string of the molecule is COC(=O)CCc1nc2cc(O)c(NC(=O)OC(C)(C)C)cc2n1C. The third kappa shape index (κ3) is 4.62. The van der Waals surface area contributed by atoms with Crippen LogP contribution in [0.25, 0.3) is 11.0 Å². The number of aromatic hydroxyl groups is 1. The zero-order valence-corrected chi connectivity index (χ0v) is 15.0. The predicted molar refractivity (Wildman–Crippen MR) is 92.6 cm³/mol. The molecule has 1 aromatic carbocycles. The molecule has 0 spiro atoms. The largest absolute Gasteiger partial charge is 0.506 e. The molecule has 0 aliphatic rings. The van der Waals surface area contributed by atoms with Crippen LogP contribution < -0.4 is 5.32 Å². The van der Waals surface area contributed by atoms with E-state index in [4.69, 9.17) is 4.74 Å². The van der Waals surface area contributed by atoms with Crippen molar-refractivity contribution in [1.82, 2.24) is 9.55 Å². The van der Waals surface area contributed by atoms with Crippen LogP contribution in [0.2, 0.25) is 0 Å². The van der Waals surface area contributed by atoms with Gasteiger partial charge in [-0.25, -0.2) is 9.78 Å². The molecule has 2 rings (SSSR count). The second-order valence-corrected chi connectivity index (χ2v) is 6.65. The molecule has 1 aromatic heterocycles. The van der Waals surface area contributed by atoms with Crippen LogP contribution in [0.5, 0.6) is 5.75 Å². The van der Waals surface area contributed by atoms with Crippen molar-refractivity contribution < 1.29 is 24.2 Å². The highest BCUT2D eigenvalue weighted by Crippen LogP contribution is 2.30. The van der Waals surface area contributed by atoms with Crippen molar-refractivity contribution >= 4 is 28.8 Å². The number of imidazole rings is 1. The molecule has 2 aromatic rings. The fourth-order valence-electron chi connectivity index (χ4n) is 2.33. The number of phenolic OH excluding ortho intramolecular Hbond substituents is 1. The van der Waals surface area contributed by atoms with E-state index in [1.165, 1.54) is 13.2 Å². The van der Waals surface area contributed by atoms with Gasteiger partial charge >= 0.3 is 12.1 Å². The Balaban J connectivity index is 2.26. The summed E-state index contributed by atoms with van der Waals surface area (Å²) in [5.41, 5.74) is 0.861. The number of aryl methyl sites for hydroxylation is 2. The van der Waals surface area contributed by atoms with Crippen LogP contribution in [0, 0.1) is 0 Å². The third-order valence-electron chi connectivity index (χ3n) is 3.51. The van der Waals surface area contributed by atoms with Crippen molar-refractivity contribution in [2.45, 2.75) is 39.2 Å². The van der Waals surface area contributed by atoms with Crippen LogP contribution in [-0.2, 0) is 27.7 Å². The number of benzene rings is 1. The minimum Gasteiger partial charge on any atom is -0.506 e. The standard InChI is InChI=1S/C17H23N3O5/c1-17(2,3)25-16(23)19-11-8-12-10(9-13(11)21)18-14(20(12)4)6-7-15(22)24-5/h8-9,21H,6-7H2,1-5H3,(H,19,23). The topological polar surface area (TPSA) is 103 Å². The van der Waals surface area contributed by atoms with Gasteiger partial charge in [0.25, 0.3) is 0 Å². The van der Waals surface area contributed by atoms with Gasteiger partial charge in [0.1, 0.15) is 17.2 Å². The summed E-state index contributed by atoms with van der Waals surface area (Å²) in [6.07, 6.45) is -0.0361. The molecule has 0 atom stereocenters. The molecule has 136 valence electrons. The summed E-state index contributed by atoms with van der Waals surface area (Å²) in [7, 11) is 3.14. The number of rotatable bonds is 4. The minimum absolute atomic E-state index is 0.115. The molecule has 8 heteroatoms. The Hall–Kier alpha value is -2.77. The summed E-state index contributed by atoms with van der Waals surface area (Å²) in [5, 5.41) is 12.6. The molecule has 0 radical (unpaired) electrons. The fourth-order valence-corrected chi connectivity index (χ4v) is 2.33. The van der Waals surface area contributed by atoms with E-state index in [0.717, 1.165) is 0 Å². The number of fused-ring (bicyclic) bond motifs is 1. The number of nitrogens with zero attached hydrogens (tertiary/aromatic N) is 2. The van der Waals surface area contributed by atoms with Gasteiger partial charge in [-0.15, -0.1) is 0 Å². The highest BCUT2D eigenvalue weighted by molar-refractivity contribution is 5.92. The van der Waals surface area contributed by atoms with E-state index >= 15 is 0 Å². The van der Waals surface area contributed by atoms with Crippen molar-refractivity contribution in [3.8, 4) is 5.75 Å². The normalized spacial score (nSPS) is 11.4. The Morgan fingerprint density at radius 1 is 1.32 bits per heavy atom. The van der Waals surface area contributed by atoms with Gasteiger partial charge in [0.15, 0.2) is 0 Å². The molecule has 0 unspecified atom stereocenters. The maximum Gasteiger partial charge on any atom is 0.412 e. The van der Waals surface area contributed by atoms with E-state index in [0.29, 0.717) is 23.3 Å². The first-order chi connectivity index (χ1) is 11.6. The first-order valence-electron chi connectivity index (χ1n) is 7.86. The first kappa shape index (κ1) is 18.6. The van der Waals surface area contributed by atoms with Crippen LogP contribution in [-0.4, -0.2) is 39.4 Å². The van der Waals surface area contributed by atoms with Gasteiger partial charge < -0.3 is 19.1 Å². The second kappa shape index (κ2) is 7.00. The monoisotopic (exact) mass is 349 g/mol. The van der Waals surface area contributed by atoms with Crippen LogP contribution in [0.15, 0.2) is 12.1 Å². The molecule has 0 aliphatic heterocycles.